The van der Waals surface area contributed by atoms with E-state index in [1.807, 2.05) is 24.3 Å². The van der Waals surface area contributed by atoms with Crippen LogP contribution in [0.4, 0.5) is 5.95 Å². The van der Waals surface area contributed by atoms with Crippen molar-refractivity contribution in [3.05, 3.63) is 47.8 Å². The maximum atomic E-state index is 5.42. The molecule has 1 aromatic heterocycles. The molecule has 0 saturated carbocycles. The number of nitrogen functional groups attached to an aromatic ring is 1. The molecule has 0 aliphatic rings. The zero-order valence-corrected chi connectivity index (χ0v) is 10.3. The van der Waals surface area contributed by atoms with Gasteiger partial charge in [-0.15, -0.1) is 0 Å². The van der Waals surface area contributed by atoms with E-state index in [9.17, 15) is 0 Å². The number of methoxy groups -OCH3 is 1. The minimum atomic E-state index is 0.300. The molecule has 0 fully saturated rings. The Labute approximate surface area is 106 Å². The van der Waals surface area contributed by atoms with Gasteiger partial charge < -0.3 is 15.8 Å². The third-order valence-corrected chi connectivity index (χ3v) is 2.54. The fourth-order valence-electron chi connectivity index (χ4n) is 1.55. The maximum Gasteiger partial charge on any atom is 0.219 e. The minimum Gasteiger partial charge on any atom is -0.497 e. The average Bonchev–Trinajstić information content (AvgIpc) is 2.42. The van der Waals surface area contributed by atoms with Crippen LogP contribution < -0.4 is 15.8 Å². The van der Waals surface area contributed by atoms with Crippen LogP contribution in [0.1, 0.15) is 11.1 Å². The van der Waals surface area contributed by atoms with E-state index in [0.717, 1.165) is 17.9 Å². The van der Waals surface area contributed by atoms with Crippen LogP contribution in [0.15, 0.2) is 36.7 Å². The fourth-order valence-corrected chi connectivity index (χ4v) is 1.55. The van der Waals surface area contributed by atoms with Gasteiger partial charge in [-0.3, -0.25) is 0 Å². The fraction of sp³-hybridized carbons (Fsp3) is 0.231. The summed E-state index contributed by atoms with van der Waals surface area (Å²) in [5.74, 6) is 1.17. The van der Waals surface area contributed by atoms with E-state index in [2.05, 4.69) is 15.3 Å². The summed E-state index contributed by atoms with van der Waals surface area (Å²) >= 11 is 0. The summed E-state index contributed by atoms with van der Waals surface area (Å²) in [5.41, 5.74) is 7.63. The molecule has 5 heteroatoms. The van der Waals surface area contributed by atoms with Gasteiger partial charge in [0.25, 0.3) is 0 Å². The SMILES string of the molecule is COc1ccc(CNCc2cnc(N)nc2)cc1. The zero-order valence-electron chi connectivity index (χ0n) is 10.3. The Morgan fingerprint density at radius 2 is 1.67 bits per heavy atom. The Balaban J connectivity index is 1.82. The first-order valence-corrected chi connectivity index (χ1v) is 5.68. The first kappa shape index (κ1) is 12.3. The molecule has 2 aromatic rings. The van der Waals surface area contributed by atoms with Gasteiger partial charge in [0.15, 0.2) is 0 Å². The number of ether oxygens (including phenoxy) is 1. The standard InChI is InChI=1S/C13H16N4O/c1-18-12-4-2-10(3-5-12)6-15-7-11-8-16-13(14)17-9-11/h2-5,8-9,15H,6-7H2,1H3,(H2,14,16,17). The minimum absolute atomic E-state index is 0.300. The van der Waals surface area contributed by atoms with Crippen molar-refractivity contribution >= 4 is 5.95 Å². The highest BCUT2D eigenvalue weighted by Crippen LogP contribution is 2.11. The van der Waals surface area contributed by atoms with E-state index >= 15 is 0 Å². The van der Waals surface area contributed by atoms with Crippen molar-refractivity contribution in [2.75, 3.05) is 12.8 Å². The van der Waals surface area contributed by atoms with Crippen molar-refractivity contribution in [1.82, 2.24) is 15.3 Å². The van der Waals surface area contributed by atoms with Gasteiger partial charge in [0.1, 0.15) is 5.75 Å². The van der Waals surface area contributed by atoms with E-state index in [0.29, 0.717) is 12.5 Å². The van der Waals surface area contributed by atoms with Crippen molar-refractivity contribution < 1.29 is 4.74 Å². The smallest absolute Gasteiger partial charge is 0.219 e. The number of nitrogens with two attached hydrogens (primary N) is 1. The molecule has 0 atom stereocenters. The van der Waals surface area contributed by atoms with Crippen molar-refractivity contribution in [3.63, 3.8) is 0 Å². The van der Waals surface area contributed by atoms with Crippen molar-refractivity contribution in [2.45, 2.75) is 13.1 Å². The quantitative estimate of drug-likeness (QED) is 0.830. The number of nitrogens with one attached hydrogen (secondary N) is 1. The number of hydrogen-bond donors (Lipinski definition) is 2. The van der Waals surface area contributed by atoms with Crippen molar-refractivity contribution in [3.8, 4) is 5.75 Å². The van der Waals surface area contributed by atoms with Gasteiger partial charge in [0.2, 0.25) is 5.95 Å². The first-order chi connectivity index (χ1) is 8.78. The van der Waals surface area contributed by atoms with Gasteiger partial charge in [-0.2, -0.15) is 0 Å². The molecule has 0 radical (unpaired) electrons. The third-order valence-electron chi connectivity index (χ3n) is 2.54. The summed E-state index contributed by atoms with van der Waals surface area (Å²) in [4.78, 5) is 7.88. The Morgan fingerprint density at radius 1 is 1.06 bits per heavy atom. The van der Waals surface area contributed by atoms with Gasteiger partial charge in [0.05, 0.1) is 7.11 Å². The van der Waals surface area contributed by atoms with Gasteiger partial charge in [-0.1, -0.05) is 12.1 Å². The van der Waals surface area contributed by atoms with E-state index < -0.39 is 0 Å². The first-order valence-electron chi connectivity index (χ1n) is 5.68. The van der Waals surface area contributed by atoms with Crippen molar-refractivity contribution in [2.24, 2.45) is 0 Å². The van der Waals surface area contributed by atoms with Crippen LogP contribution in [0.25, 0.3) is 0 Å². The lowest BCUT2D eigenvalue weighted by molar-refractivity contribution is 0.414. The van der Waals surface area contributed by atoms with Crippen LogP contribution in [0, 0.1) is 0 Å². The van der Waals surface area contributed by atoms with Crippen LogP contribution in [0.2, 0.25) is 0 Å². The molecule has 1 aromatic carbocycles. The molecule has 18 heavy (non-hydrogen) atoms. The van der Waals surface area contributed by atoms with Crippen LogP contribution in [0.3, 0.4) is 0 Å². The average molecular weight is 244 g/mol. The molecule has 94 valence electrons. The summed E-state index contributed by atoms with van der Waals surface area (Å²) in [6, 6.07) is 7.96. The summed E-state index contributed by atoms with van der Waals surface area (Å²) in [6.07, 6.45) is 3.45. The normalized spacial score (nSPS) is 10.3. The van der Waals surface area contributed by atoms with E-state index in [-0.39, 0.29) is 0 Å². The Bertz CT molecular complexity index is 481. The lowest BCUT2D eigenvalue weighted by atomic mass is 10.2. The largest absolute Gasteiger partial charge is 0.497 e. The van der Waals surface area contributed by atoms with Crippen LogP contribution >= 0.6 is 0 Å². The molecular formula is C13H16N4O. The van der Waals surface area contributed by atoms with Gasteiger partial charge in [-0.25, -0.2) is 9.97 Å². The lowest BCUT2D eigenvalue weighted by Crippen LogP contribution is -2.13. The monoisotopic (exact) mass is 244 g/mol. The highest BCUT2D eigenvalue weighted by Gasteiger charge is 1.96. The molecule has 0 aliphatic heterocycles. The second kappa shape index (κ2) is 5.97. The predicted molar refractivity (Wildman–Crippen MR) is 70.0 cm³/mol. The molecule has 0 bridgehead atoms. The number of benzene rings is 1. The molecule has 0 spiro atoms. The second-order valence-corrected chi connectivity index (χ2v) is 3.90. The number of hydrogen-bond acceptors (Lipinski definition) is 5. The highest BCUT2D eigenvalue weighted by atomic mass is 16.5. The number of anilines is 1. The summed E-state index contributed by atoms with van der Waals surface area (Å²) < 4.78 is 5.11. The lowest BCUT2D eigenvalue weighted by Gasteiger charge is -2.06. The van der Waals surface area contributed by atoms with Crippen molar-refractivity contribution in [1.29, 1.82) is 0 Å². The van der Waals surface area contributed by atoms with Gasteiger partial charge in [-0.05, 0) is 17.7 Å². The molecular weight excluding hydrogens is 228 g/mol. The Kier molecular flexibility index (Phi) is 4.09. The highest BCUT2D eigenvalue weighted by molar-refractivity contribution is 5.27. The predicted octanol–water partition coefficient (Wildman–Crippen LogP) is 1.36. The molecule has 2 rings (SSSR count). The molecule has 1 heterocycles. The van der Waals surface area contributed by atoms with Crippen LogP contribution in [0.5, 0.6) is 5.75 Å². The van der Waals surface area contributed by atoms with E-state index in [1.165, 1.54) is 5.56 Å². The molecule has 0 amide bonds. The summed E-state index contributed by atoms with van der Waals surface area (Å²) in [6.45, 7) is 1.50. The molecule has 3 N–H and O–H groups in total. The number of nitrogens with zero attached hydrogens (tertiary/aromatic N) is 2. The van der Waals surface area contributed by atoms with Gasteiger partial charge >= 0.3 is 0 Å². The molecule has 0 saturated heterocycles. The van der Waals surface area contributed by atoms with Crippen LogP contribution in [-0.4, -0.2) is 17.1 Å². The topological polar surface area (TPSA) is 73.1 Å². The number of aromatic nitrogens is 2. The Hall–Kier alpha value is -2.14. The van der Waals surface area contributed by atoms with Crippen LogP contribution in [-0.2, 0) is 13.1 Å². The second-order valence-electron chi connectivity index (χ2n) is 3.90. The zero-order chi connectivity index (χ0) is 12.8. The molecule has 0 unspecified atom stereocenters. The number of rotatable bonds is 5. The van der Waals surface area contributed by atoms with Gasteiger partial charge in [0, 0.05) is 31.0 Å². The third kappa shape index (κ3) is 3.43. The Morgan fingerprint density at radius 3 is 2.28 bits per heavy atom. The molecule has 5 nitrogen and oxygen atoms in total. The summed E-state index contributed by atoms with van der Waals surface area (Å²) in [5, 5.41) is 3.31. The van der Waals surface area contributed by atoms with E-state index in [4.69, 9.17) is 10.5 Å². The summed E-state index contributed by atoms with van der Waals surface area (Å²) in [7, 11) is 1.66. The molecule has 0 aliphatic carbocycles. The van der Waals surface area contributed by atoms with E-state index in [1.54, 1.807) is 19.5 Å². The maximum absolute atomic E-state index is 5.42.